The van der Waals surface area contributed by atoms with E-state index in [0.717, 1.165) is 6.42 Å². The van der Waals surface area contributed by atoms with Crippen LogP contribution in [0.2, 0.25) is 0 Å². The summed E-state index contributed by atoms with van der Waals surface area (Å²) in [6.45, 7) is 4.06. The average Bonchev–Trinajstić information content (AvgIpc) is 2.39. The summed E-state index contributed by atoms with van der Waals surface area (Å²) >= 11 is 0. The van der Waals surface area contributed by atoms with Gasteiger partial charge in [-0.15, -0.1) is 0 Å². The molecule has 0 bridgehead atoms. The predicted octanol–water partition coefficient (Wildman–Crippen LogP) is 0.996. The average molecular weight is 301 g/mol. The quantitative estimate of drug-likeness (QED) is 0.562. The highest BCUT2D eigenvalue weighted by atomic mass is 32.2. The molecule has 0 amide bonds. The molecule has 20 heavy (non-hydrogen) atoms. The molecule has 1 atom stereocenters. The second kappa shape index (κ2) is 6.92. The Morgan fingerprint density at radius 2 is 2.00 bits per heavy atom. The molecule has 0 saturated heterocycles. The lowest BCUT2D eigenvalue weighted by Gasteiger charge is -2.21. The van der Waals surface area contributed by atoms with Crippen LogP contribution < -0.4 is 15.8 Å². The lowest BCUT2D eigenvalue weighted by atomic mass is 10.0. The van der Waals surface area contributed by atoms with Crippen LogP contribution in [0.15, 0.2) is 23.1 Å². The maximum atomic E-state index is 11.8. The van der Waals surface area contributed by atoms with Gasteiger partial charge in [0.25, 0.3) is 0 Å². The van der Waals surface area contributed by atoms with Gasteiger partial charge in [0.15, 0.2) is 0 Å². The van der Waals surface area contributed by atoms with Crippen LogP contribution in [-0.2, 0) is 10.0 Å². The number of sulfonamides is 1. The van der Waals surface area contributed by atoms with Crippen LogP contribution in [-0.4, -0.2) is 33.2 Å². The molecule has 5 N–H and O–H groups in total. The van der Waals surface area contributed by atoms with Gasteiger partial charge in [-0.3, -0.25) is 0 Å². The van der Waals surface area contributed by atoms with Gasteiger partial charge in [-0.05, 0) is 37.6 Å². The fourth-order valence-electron chi connectivity index (χ4n) is 1.91. The third kappa shape index (κ3) is 4.36. The van der Waals surface area contributed by atoms with Crippen LogP contribution in [0.5, 0.6) is 0 Å². The summed E-state index contributed by atoms with van der Waals surface area (Å²) in [6, 6.07) is 4.30. The van der Waals surface area contributed by atoms with Crippen molar-refractivity contribution in [3.8, 4) is 0 Å². The van der Waals surface area contributed by atoms with Crippen molar-refractivity contribution in [3.63, 3.8) is 0 Å². The van der Waals surface area contributed by atoms with E-state index in [-0.39, 0.29) is 17.5 Å². The number of rotatable bonds is 7. The molecule has 0 aliphatic carbocycles. The summed E-state index contributed by atoms with van der Waals surface area (Å²) in [6.07, 6.45) is 0.763. The number of hydrogen-bond donors (Lipinski definition) is 4. The topological polar surface area (TPSA) is 104 Å². The van der Waals surface area contributed by atoms with E-state index in [0.29, 0.717) is 17.3 Å². The first kappa shape index (κ1) is 16.7. The van der Waals surface area contributed by atoms with E-state index in [9.17, 15) is 13.5 Å². The standard InChI is InChI=1S/C13H23N3O3S/c1-9(2)6-10(8-17)16-13-7-11(4-5-12(13)14)20(18,19)15-3/h4-5,7,9-10,15-17H,6,8,14H2,1-3H3. The van der Waals surface area contributed by atoms with Crippen LogP contribution in [0, 0.1) is 5.92 Å². The van der Waals surface area contributed by atoms with Gasteiger partial charge in [0.1, 0.15) is 0 Å². The molecule has 1 rings (SSSR count). The second-order valence-corrected chi connectivity index (χ2v) is 7.00. The number of aliphatic hydroxyl groups is 1. The normalized spacial score (nSPS) is 13.4. The third-order valence-corrected chi connectivity index (χ3v) is 4.35. The molecule has 0 saturated carbocycles. The maximum absolute atomic E-state index is 11.8. The Labute approximate surface area is 120 Å². The Morgan fingerprint density at radius 1 is 1.35 bits per heavy atom. The van der Waals surface area contributed by atoms with Crippen LogP contribution in [0.3, 0.4) is 0 Å². The van der Waals surface area contributed by atoms with Gasteiger partial charge in [-0.1, -0.05) is 13.8 Å². The summed E-state index contributed by atoms with van der Waals surface area (Å²) in [7, 11) is -2.16. The van der Waals surface area contributed by atoms with E-state index >= 15 is 0 Å². The number of benzene rings is 1. The Bertz CT molecular complexity index is 544. The number of nitrogens with one attached hydrogen (secondary N) is 2. The van der Waals surface area contributed by atoms with Gasteiger partial charge >= 0.3 is 0 Å². The van der Waals surface area contributed by atoms with Gasteiger partial charge in [-0.25, -0.2) is 13.1 Å². The predicted molar refractivity (Wildman–Crippen MR) is 81.1 cm³/mol. The smallest absolute Gasteiger partial charge is 0.240 e. The minimum absolute atomic E-state index is 0.0410. The van der Waals surface area contributed by atoms with Crippen molar-refractivity contribution in [2.75, 3.05) is 24.7 Å². The Hall–Kier alpha value is -1.31. The van der Waals surface area contributed by atoms with Gasteiger partial charge in [0, 0.05) is 6.04 Å². The van der Waals surface area contributed by atoms with Crippen molar-refractivity contribution in [1.82, 2.24) is 4.72 Å². The Balaban J connectivity index is 3.03. The fourth-order valence-corrected chi connectivity index (χ4v) is 2.67. The first-order valence-corrected chi connectivity index (χ1v) is 7.99. The minimum Gasteiger partial charge on any atom is -0.397 e. The van der Waals surface area contributed by atoms with Gasteiger partial charge in [0.05, 0.1) is 22.9 Å². The maximum Gasteiger partial charge on any atom is 0.240 e. The fraction of sp³-hybridized carbons (Fsp3) is 0.538. The van der Waals surface area contributed by atoms with Gasteiger partial charge in [0.2, 0.25) is 10.0 Å². The highest BCUT2D eigenvalue weighted by Gasteiger charge is 2.16. The Morgan fingerprint density at radius 3 is 2.50 bits per heavy atom. The SMILES string of the molecule is CNS(=O)(=O)c1ccc(N)c(NC(CO)CC(C)C)c1. The van der Waals surface area contributed by atoms with Crippen molar-refractivity contribution < 1.29 is 13.5 Å². The molecule has 0 aliphatic heterocycles. The van der Waals surface area contributed by atoms with E-state index in [2.05, 4.69) is 23.9 Å². The molecule has 1 unspecified atom stereocenters. The van der Waals surface area contributed by atoms with E-state index in [1.165, 1.54) is 25.2 Å². The lowest BCUT2D eigenvalue weighted by molar-refractivity contribution is 0.259. The van der Waals surface area contributed by atoms with Crippen LogP contribution in [0.25, 0.3) is 0 Å². The molecule has 7 heteroatoms. The highest BCUT2D eigenvalue weighted by molar-refractivity contribution is 7.89. The van der Waals surface area contributed by atoms with Crippen LogP contribution in [0.1, 0.15) is 20.3 Å². The molecule has 0 spiro atoms. The number of hydrogen-bond acceptors (Lipinski definition) is 5. The number of nitrogen functional groups attached to an aromatic ring is 1. The molecule has 1 aromatic carbocycles. The van der Waals surface area contributed by atoms with E-state index in [1.54, 1.807) is 0 Å². The molecule has 0 heterocycles. The van der Waals surface area contributed by atoms with Crippen LogP contribution in [0.4, 0.5) is 11.4 Å². The van der Waals surface area contributed by atoms with Crippen molar-refractivity contribution in [2.45, 2.75) is 31.2 Å². The zero-order valence-corrected chi connectivity index (χ0v) is 12.9. The first-order chi connectivity index (χ1) is 9.30. The molecule has 6 nitrogen and oxygen atoms in total. The lowest BCUT2D eigenvalue weighted by Crippen LogP contribution is -2.26. The monoisotopic (exact) mass is 301 g/mol. The van der Waals surface area contributed by atoms with Crippen molar-refractivity contribution in [2.24, 2.45) is 5.92 Å². The minimum atomic E-state index is -3.51. The van der Waals surface area contributed by atoms with Crippen molar-refractivity contribution in [1.29, 1.82) is 0 Å². The molecule has 0 aliphatic rings. The number of nitrogens with two attached hydrogens (primary N) is 1. The van der Waals surface area contributed by atoms with Gasteiger partial charge < -0.3 is 16.2 Å². The molecule has 0 radical (unpaired) electrons. The molecule has 0 fully saturated rings. The van der Waals surface area contributed by atoms with E-state index in [1.807, 2.05) is 0 Å². The summed E-state index contributed by atoms with van der Waals surface area (Å²) < 4.78 is 25.8. The summed E-state index contributed by atoms with van der Waals surface area (Å²) in [4.78, 5) is 0.137. The van der Waals surface area contributed by atoms with E-state index < -0.39 is 10.0 Å². The Kier molecular flexibility index (Phi) is 5.79. The highest BCUT2D eigenvalue weighted by Crippen LogP contribution is 2.24. The first-order valence-electron chi connectivity index (χ1n) is 6.50. The third-order valence-electron chi connectivity index (χ3n) is 2.94. The summed E-state index contributed by atoms with van der Waals surface area (Å²) in [5.41, 5.74) is 6.81. The number of anilines is 2. The molecular formula is C13H23N3O3S. The van der Waals surface area contributed by atoms with E-state index in [4.69, 9.17) is 5.73 Å². The molecule has 1 aromatic rings. The van der Waals surface area contributed by atoms with Crippen LogP contribution >= 0.6 is 0 Å². The van der Waals surface area contributed by atoms with Gasteiger partial charge in [-0.2, -0.15) is 0 Å². The largest absolute Gasteiger partial charge is 0.397 e. The summed E-state index contributed by atoms with van der Waals surface area (Å²) in [5.74, 6) is 0.407. The number of aliphatic hydroxyl groups excluding tert-OH is 1. The summed E-state index contributed by atoms with van der Waals surface area (Å²) in [5, 5.41) is 12.5. The zero-order valence-electron chi connectivity index (χ0n) is 12.1. The second-order valence-electron chi connectivity index (χ2n) is 5.11. The zero-order chi connectivity index (χ0) is 15.3. The molecule has 0 aromatic heterocycles. The molecule has 114 valence electrons. The molecular weight excluding hydrogens is 278 g/mol. The van der Waals surface area contributed by atoms with Crippen molar-refractivity contribution >= 4 is 21.4 Å². The van der Waals surface area contributed by atoms with Crippen molar-refractivity contribution in [3.05, 3.63) is 18.2 Å².